The van der Waals surface area contributed by atoms with Crippen LogP contribution in [0.3, 0.4) is 0 Å². The summed E-state index contributed by atoms with van der Waals surface area (Å²) in [5.74, 6) is -0.723. The van der Waals surface area contributed by atoms with Crippen LogP contribution in [-0.4, -0.2) is 25.4 Å². The van der Waals surface area contributed by atoms with E-state index < -0.39 is 12.0 Å². The van der Waals surface area contributed by atoms with Gasteiger partial charge in [-0.15, -0.1) is 0 Å². The zero-order valence-electron chi connectivity index (χ0n) is 13.1. The maximum absolute atomic E-state index is 13.1. The van der Waals surface area contributed by atoms with Crippen LogP contribution in [0.2, 0.25) is 0 Å². The largest absolute Gasteiger partial charge is 0.480 e. The number of aromatic nitrogens is 3. The minimum absolute atomic E-state index is 0.194. The summed E-state index contributed by atoms with van der Waals surface area (Å²) in [4.78, 5) is 24.1. The number of benzene rings is 1. The molecule has 0 spiro atoms. The van der Waals surface area contributed by atoms with Crippen molar-refractivity contribution in [2.24, 2.45) is 0 Å². The molecule has 0 radical (unpaired) electrons. The second-order valence-corrected chi connectivity index (χ2v) is 6.76. The second kappa shape index (κ2) is 5.29. The number of halogens is 1. The monoisotopic (exact) mass is 331 g/mol. The number of nitrogens with zero attached hydrogens (tertiary/aromatic N) is 3. The van der Waals surface area contributed by atoms with Gasteiger partial charge in [-0.05, 0) is 43.4 Å². The first-order valence-electron chi connectivity index (χ1n) is 8.17. The van der Waals surface area contributed by atoms with E-state index in [2.05, 4.69) is 5.10 Å². The number of carbonyl (C=O) groups is 1. The molecule has 126 valence electrons. The van der Waals surface area contributed by atoms with Crippen molar-refractivity contribution in [2.75, 3.05) is 0 Å². The van der Waals surface area contributed by atoms with Crippen molar-refractivity contribution in [1.29, 1.82) is 0 Å². The normalized spacial score (nSPS) is 21.3. The maximum atomic E-state index is 13.1. The highest BCUT2D eigenvalue weighted by Crippen LogP contribution is 2.49. The van der Waals surface area contributed by atoms with E-state index in [0.717, 1.165) is 24.8 Å². The van der Waals surface area contributed by atoms with Gasteiger partial charge in [-0.25, -0.2) is 18.7 Å². The van der Waals surface area contributed by atoms with E-state index in [9.17, 15) is 19.1 Å². The molecule has 6 nitrogen and oxygen atoms in total. The molecule has 1 atom stereocenters. The third-order valence-electron chi connectivity index (χ3n) is 5.18. The van der Waals surface area contributed by atoms with Gasteiger partial charge >= 0.3 is 11.7 Å². The number of hydrogen-bond acceptors (Lipinski definition) is 3. The average Bonchev–Trinajstić information content (AvgIpc) is 3.27. The summed E-state index contributed by atoms with van der Waals surface area (Å²) < 4.78 is 15.9. The van der Waals surface area contributed by atoms with Crippen LogP contribution in [-0.2, 0) is 23.2 Å². The molecule has 7 heteroatoms. The Balaban J connectivity index is 1.68. The van der Waals surface area contributed by atoms with Crippen LogP contribution in [0.1, 0.15) is 43.1 Å². The molecular formula is C17H18FN3O3. The molecule has 2 aliphatic rings. The summed E-state index contributed by atoms with van der Waals surface area (Å²) in [6.07, 6.45) is 3.62. The molecule has 4 rings (SSSR count). The lowest BCUT2D eigenvalue weighted by Crippen LogP contribution is -2.35. The van der Waals surface area contributed by atoms with Gasteiger partial charge in [0.1, 0.15) is 17.7 Å². The summed E-state index contributed by atoms with van der Waals surface area (Å²) >= 11 is 0. The second-order valence-electron chi connectivity index (χ2n) is 6.76. The van der Waals surface area contributed by atoms with Gasteiger partial charge in [-0.2, -0.15) is 5.10 Å². The Morgan fingerprint density at radius 3 is 2.67 bits per heavy atom. The highest BCUT2D eigenvalue weighted by atomic mass is 19.1. The minimum atomic E-state index is -0.989. The van der Waals surface area contributed by atoms with Crippen LogP contribution in [0.5, 0.6) is 0 Å². The van der Waals surface area contributed by atoms with Crippen LogP contribution >= 0.6 is 0 Å². The summed E-state index contributed by atoms with van der Waals surface area (Å²) in [6, 6.07) is 5.54. The van der Waals surface area contributed by atoms with E-state index in [-0.39, 0.29) is 16.9 Å². The van der Waals surface area contributed by atoms with Gasteiger partial charge in [0, 0.05) is 11.8 Å². The molecular weight excluding hydrogens is 313 g/mol. The van der Waals surface area contributed by atoms with E-state index in [0.29, 0.717) is 25.2 Å². The summed E-state index contributed by atoms with van der Waals surface area (Å²) in [5.41, 5.74) is 0.447. The van der Waals surface area contributed by atoms with Crippen molar-refractivity contribution in [3.05, 3.63) is 52.0 Å². The van der Waals surface area contributed by atoms with Crippen molar-refractivity contribution in [3.8, 4) is 0 Å². The highest BCUT2D eigenvalue weighted by Gasteiger charge is 2.45. The van der Waals surface area contributed by atoms with Crippen molar-refractivity contribution < 1.29 is 14.3 Å². The van der Waals surface area contributed by atoms with E-state index >= 15 is 0 Å². The molecule has 0 bridgehead atoms. The summed E-state index contributed by atoms with van der Waals surface area (Å²) in [6.45, 7) is 0.407. The van der Waals surface area contributed by atoms with Gasteiger partial charge in [-0.3, -0.25) is 4.57 Å². The first-order chi connectivity index (χ1) is 11.5. The van der Waals surface area contributed by atoms with E-state index in [1.54, 1.807) is 12.1 Å². The summed E-state index contributed by atoms with van der Waals surface area (Å²) in [5, 5.41) is 13.7. The third kappa shape index (κ3) is 2.35. The fourth-order valence-electron chi connectivity index (χ4n) is 3.65. The Labute approximate surface area is 137 Å². The lowest BCUT2D eigenvalue weighted by atomic mass is 9.96. The number of fused-ring (bicyclic) bond motifs is 1. The molecule has 1 aliphatic carbocycles. The van der Waals surface area contributed by atoms with Gasteiger partial charge in [0.2, 0.25) is 0 Å². The molecule has 2 heterocycles. The highest BCUT2D eigenvalue weighted by molar-refractivity contribution is 5.72. The van der Waals surface area contributed by atoms with Crippen molar-refractivity contribution in [3.63, 3.8) is 0 Å². The predicted octanol–water partition coefficient (Wildman–Crippen LogP) is 1.88. The standard InChI is InChI=1S/C17H18FN3O3/c18-12-6-4-11(5-7-12)17(8-9-17)10-20-16(24)21-13(15(22)23)2-1-3-14(21)19-20/h4-7,13H,1-3,8-10H2,(H,22,23)/t13-/m0/s1. The Morgan fingerprint density at radius 2 is 2.04 bits per heavy atom. The number of aliphatic carboxylic acids is 1. The van der Waals surface area contributed by atoms with Gasteiger partial charge < -0.3 is 5.11 Å². The molecule has 1 saturated carbocycles. The van der Waals surface area contributed by atoms with E-state index in [1.807, 2.05) is 0 Å². The molecule has 0 unspecified atom stereocenters. The molecule has 1 aromatic heterocycles. The van der Waals surface area contributed by atoms with Crippen molar-refractivity contribution in [1.82, 2.24) is 14.3 Å². The van der Waals surface area contributed by atoms with Gasteiger partial charge in [-0.1, -0.05) is 12.1 Å². The number of aryl methyl sites for hydroxylation is 1. The molecule has 0 saturated heterocycles. The van der Waals surface area contributed by atoms with Gasteiger partial charge in [0.05, 0.1) is 6.54 Å². The lowest BCUT2D eigenvalue weighted by Gasteiger charge is -2.19. The van der Waals surface area contributed by atoms with Crippen molar-refractivity contribution in [2.45, 2.75) is 50.1 Å². The molecule has 2 aromatic rings. The van der Waals surface area contributed by atoms with E-state index in [4.69, 9.17) is 0 Å². The third-order valence-corrected chi connectivity index (χ3v) is 5.18. The molecule has 1 N–H and O–H groups in total. The predicted molar refractivity (Wildman–Crippen MR) is 83.4 cm³/mol. The Bertz CT molecular complexity index is 849. The number of rotatable bonds is 4. The zero-order valence-corrected chi connectivity index (χ0v) is 13.1. The SMILES string of the molecule is O=C(O)[C@@H]1CCCc2nn(CC3(c4ccc(F)cc4)CC3)c(=O)n21. The smallest absolute Gasteiger partial charge is 0.346 e. The van der Waals surface area contributed by atoms with Gasteiger partial charge in [0.25, 0.3) is 0 Å². The number of hydrogen-bond donors (Lipinski definition) is 1. The fraction of sp³-hybridized carbons (Fsp3) is 0.471. The van der Waals surface area contributed by atoms with E-state index in [1.165, 1.54) is 21.4 Å². The van der Waals surface area contributed by atoms with Crippen LogP contribution < -0.4 is 5.69 Å². The maximum Gasteiger partial charge on any atom is 0.346 e. The fourth-order valence-corrected chi connectivity index (χ4v) is 3.65. The molecule has 1 fully saturated rings. The first-order valence-corrected chi connectivity index (χ1v) is 8.17. The van der Waals surface area contributed by atoms with Crippen LogP contribution in [0.15, 0.2) is 29.1 Å². The first kappa shape index (κ1) is 15.1. The van der Waals surface area contributed by atoms with Crippen molar-refractivity contribution >= 4 is 5.97 Å². The quantitative estimate of drug-likeness (QED) is 0.928. The topological polar surface area (TPSA) is 77.1 Å². The van der Waals surface area contributed by atoms with Crippen LogP contribution in [0, 0.1) is 5.82 Å². The zero-order chi connectivity index (χ0) is 16.9. The lowest BCUT2D eigenvalue weighted by molar-refractivity contribution is -0.141. The minimum Gasteiger partial charge on any atom is -0.480 e. The molecule has 1 aliphatic heterocycles. The number of carboxylic acids is 1. The molecule has 1 aromatic carbocycles. The van der Waals surface area contributed by atoms with Crippen LogP contribution in [0.4, 0.5) is 4.39 Å². The Morgan fingerprint density at radius 1 is 1.33 bits per heavy atom. The molecule has 0 amide bonds. The number of carboxylic acid groups (broad SMARTS) is 1. The Kier molecular flexibility index (Phi) is 3.33. The Hall–Kier alpha value is -2.44. The van der Waals surface area contributed by atoms with Crippen LogP contribution in [0.25, 0.3) is 0 Å². The summed E-state index contributed by atoms with van der Waals surface area (Å²) in [7, 11) is 0. The average molecular weight is 331 g/mol. The van der Waals surface area contributed by atoms with Gasteiger partial charge in [0.15, 0.2) is 0 Å². The molecule has 24 heavy (non-hydrogen) atoms.